The van der Waals surface area contributed by atoms with E-state index in [0.29, 0.717) is 26.2 Å². The maximum atomic E-state index is 13.5. The molecule has 2 aliphatic rings. The van der Waals surface area contributed by atoms with Crippen LogP contribution < -0.4 is 10.2 Å². The smallest absolute Gasteiger partial charge is 0.238 e. The first-order valence-electron chi connectivity index (χ1n) is 10.5. The number of carbonyl (C=O) groups excluding carboxylic acids is 3. The molecular weight excluding hydrogens is 418 g/mol. The summed E-state index contributed by atoms with van der Waals surface area (Å²) in [6, 6.07) is 12.1. The number of anilines is 2. The molecule has 2 heterocycles. The Bertz CT molecular complexity index is 989. The van der Waals surface area contributed by atoms with Gasteiger partial charge < -0.3 is 15.1 Å². The van der Waals surface area contributed by atoms with Crippen LogP contribution in [0.5, 0.6) is 0 Å². The highest BCUT2D eigenvalue weighted by molar-refractivity contribution is 6.00. The average Bonchev–Trinajstić information content (AvgIpc) is 3.15. The molecule has 168 valence electrons. The Morgan fingerprint density at radius 3 is 2.28 bits per heavy atom. The molecule has 9 heteroatoms. The molecule has 0 spiro atoms. The highest BCUT2D eigenvalue weighted by Gasteiger charge is 2.38. The topological polar surface area (TPSA) is 73.0 Å². The predicted octanol–water partition coefficient (Wildman–Crippen LogP) is 2.10. The van der Waals surface area contributed by atoms with Crippen LogP contribution in [0.1, 0.15) is 6.42 Å². The number of nitrogens with one attached hydrogen (secondary N) is 1. The number of halogens is 2. The fourth-order valence-electron chi connectivity index (χ4n) is 4.13. The summed E-state index contributed by atoms with van der Waals surface area (Å²) in [5.74, 6) is -2.68. The van der Waals surface area contributed by atoms with Crippen molar-refractivity contribution in [3.05, 3.63) is 60.2 Å². The summed E-state index contributed by atoms with van der Waals surface area (Å²) in [7, 11) is 0. The number of hydrogen-bond donors (Lipinski definition) is 1. The lowest BCUT2D eigenvalue weighted by atomic mass is 10.1. The number of rotatable bonds is 5. The summed E-state index contributed by atoms with van der Waals surface area (Å²) in [5, 5.41) is 2.84. The van der Waals surface area contributed by atoms with Gasteiger partial charge in [-0.25, -0.2) is 8.78 Å². The third-order valence-corrected chi connectivity index (χ3v) is 5.74. The van der Waals surface area contributed by atoms with Gasteiger partial charge in [0.15, 0.2) is 0 Å². The molecule has 0 saturated carbocycles. The molecule has 2 aliphatic heterocycles. The SMILES string of the molecule is O=C(CN1CCN(C(=O)C2CC(=O)N(c3cc(F)cc(F)c3)C2)CC1)Nc1ccccc1. The predicted molar refractivity (Wildman–Crippen MR) is 115 cm³/mol. The zero-order valence-corrected chi connectivity index (χ0v) is 17.5. The van der Waals surface area contributed by atoms with Crippen molar-refractivity contribution in [2.45, 2.75) is 6.42 Å². The molecule has 2 aromatic rings. The average molecular weight is 442 g/mol. The van der Waals surface area contributed by atoms with E-state index in [1.807, 2.05) is 35.2 Å². The Balaban J connectivity index is 1.28. The lowest BCUT2D eigenvalue weighted by Gasteiger charge is -2.35. The largest absolute Gasteiger partial charge is 0.340 e. The Morgan fingerprint density at radius 2 is 1.62 bits per heavy atom. The van der Waals surface area contributed by atoms with Gasteiger partial charge in [0.05, 0.1) is 12.5 Å². The first-order valence-corrected chi connectivity index (χ1v) is 10.5. The zero-order valence-electron chi connectivity index (χ0n) is 17.5. The van der Waals surface area contributed by atoms with Crippen molar-refractivity contribution in [3.8, 4) is 0 Å². The first kappa shape index (κ1) is 21.9. The van der Waals surface area contributed by atoms with E-state index in [2.05, 4.69) is 5.32 Å². The number of nitrogens with zero attached hydrogens (tertiary/aromatic N) is 3. The second kappa shape index (κ2) is 9.44. The first-order chi connectivity index (χ1) is 15.4. The van der Waals surface area contributed by atoms with Gasteiger partial charge >= 0.3 is 0 Å². The van der Waals surface area contributed by atoms with Crippen molar-refractivity contribution in [2.75, 3.05) is 49.5 Å². The maximum Gasteiger partial charge on any atom is 0.238 e. The van der Waals surface area contributed by atoms with Crippen molar-refractivity contribution in [2.24, 2.45) is 5.92 Å². The third kappa shape index (κ3) is 5.11. The number of para-hydroxylation sites is 1. The highest BCUT2D eigenvalue weighted by Crippen LogP contribution is 2.28. The molecule has 2 aromatic carbocycles. The molecule has 2 saturated heterocycles. The molecule has 2 fully saturated rings. The number of benzene rings is 2. The van der Waals surface area contributed by atoms with Crippen molar-refractivity contribution < 1.29 is 23.2 Å². The van der Waals surface area contributed by atoms with Crippen LogP contribution in [0.25, 0.3) is 0 Å². The summed E-state index contributed by atoms with van der Waals surface area (Å²) in [4.78, 5) is 42.5. The van der Waals surface area contributed by atoms with E-state index < -0.39 is 17.6 Å². The molecular formula is C23H24F2N4O3. The number of amides is 3. The Hall–Kier alpha value is -3.33. The Morgan fingerprint density at radius 1 is 0.969 bits per heavy atom. The van der Waals surface area contributed by atoms with E-state index in [9.17, 15) is 23.2 Å². The molecule has 1 atom stereocenters. The summed E-state index contributed by atoms with van der Waals surface area (Å²) in [5.41, 5.74) is 0.858. The summed E-state index contributed by atoms with van der Waals surface area (Å²) in [6.45, 7) is 2.34. The van der Waals surface area contributed by atoms with Gasteiger partial charge in [0.25, 0.3) is 0 Å². The van der Waals surface area contributed by atoms with Crippen molar-refractivity contribution in [1.29, 1.82) is 0 Å². The van der Waals surface area contributed by atoms with Crippen LogP contribution in [0.15, 0.2) is 48.5 Å². The minimum atomic E-state index is -0.769. The Kier molecular flexibility index (Phi) is 6.45. The molecule has 0 aromatic heterocycles. The van der Waals surface area contributed by atoms with Crippen LogP contribution in [0.4, 0.5) is 20.2 Å². The lowest BCUT2D eigenvalue weighted by Crippen LogP contribution is -2.52. The molecule has 1 N–H and O–H groups in total. The maximum absolute atomic E-state index is 13.5. The van der Waals surface area contributed by atoms with Gasteiger partial charge in [-0.05, 0) is 24.3 Å². The quantitative estimate of drug-likeness (QED) is 0.770. The molecule has 0 aliphatic carbocycles. The van der Waals surface area contributed by atoms with Gasteiger partial charge in [0, 0.05) is 56.6 Å². The second-order valence-electron chi connectivity index (χ2n) is 8.05. The Labute approximate surface area is 184 Å². The van der Waals surface area contributed by atoms with E-state index in [-0.39, 0.29) is 42.9 Å². The van der Waals surface area contributed by atoms with E-state index in [1.54, 1.807) is 4.90 Å². The zero-order chi connectivity index (χ0) is 22.7. The standard InChI is InChI=1S/C23H24F2N4O3/c24-17-11-18(25)13-20(12-17)29-14-16(10-22(29)31)23(32)28-8-6-27(7-9-28)15-21(30)26-19-4-2-1-3-5-19/h1-5,11-13,16H,6-10,14-15H2,(H,26,30). The fourth-order valence-corrected chi connectivity index (χ4v) is 4.13. The van der Waals surface area contributed by atoms with E-state index in [0.717, 1.165) is 23.9 Å². The van der Waals surface area contributed by atoms with Crippen LogP contribution in [0, 0.1) is 17.6 Å². The van der Waals surface area contributed by atoms with Crippen LogP contribution >= 0.6 is 0 Å². The van der Waals surface area contributed by atoms with Crippen LogP contribution in [0.2, 0.25) is 0 Å². The monoisotopic (exact) mass is 442 g/mol. The lowest BCUT2D eigenvalue weighted by molar-refractivity contribution is -0.137. The second-order valence-corrected chi connectivity index (χ2v) is 8.05. The van der Waals surface area contributed by atoms with Crippen molar-refractivity contribution in [3.63, 3.8) is 0 Å². The van der Waals surface area contributed by atoms with Gasteiger partial charge in [0.1, 0.15) is 11.6 Å². The third-order valence-electron chi connectivity index (χ3n) is 5.74. The molecule has 7 nitrogen and oxygen atoms in total. The molecule has 4 rings (SSSR count). The van der Waals surface area contributed by atoms with Crippen LogP contribution in [-0.2, 0) is 14.4 Å². The molecule has 0 bridgehead atoms. The van der Waals surface area contributed by atoms with Gasteiger partial charge in [0.2, 0.25) is 17.7 Å². The normalized spacial score (nSPS) is 19.3. The van der Waals surface area contributed by atoms with Gasteiger partial charge in [-0.15, -0.1) is 0 Å². The summed E-state index contributed by atoms with van der Waals surface area (Å²) >= 11 is 0. The summed E-state index contributed by atoms with van der Waals surface area (Å²) in [6.07, 6.45) is 0.0106. The van der Waals surface area contributed by atoms with E-state index in [1.165, 1.54) is 4.90 Å². The van der Waals surface area contributed by atoms with Gasteiger partial charge in [-0.2, -0.15) is 0 Å². The number of piperazine rings is 1. The van der Waals surface area contributed by atoms with E-state index in [4.69, 9.17) is 0 Å². The number of hydrogen-bond acceptors (Lipinski definition) is 4. The van der Waals surface area contributed by atoms with Gasteiger partial charge in [-0.1, -0.05) is 18.2 Å². The summed E-state index contributed by atoms with van der Waals surface area (Å²) < 4.78 is 27.0. The molecule has 32 heavy (non-hydrogen) atoms. The minimum absolute atomic E-state index is 0.0106. The van der Waals surface area contributed by atoms with Crippen molar-refractivity contribution in [1.82, 2.24) is 9.80 Å². The molecule has 1 unspecified atom stereocenters. The minimum Gasteiger partial charge on any atom is -0.340 e. The van der Waals surface area contributed by atoms with Crippen LogP contribution in [0.3, 0.4) is 0 Å². The van der Waals surface area contributed by atoms with E-state index >= 15 is 0 Å². The van der Waals surface area contributed by atoms with Crippen molar-refractivity contribution >= 4 is 29.1 Å². The highest BCUT2D eigenvalue weighted by atomic mass is 19.1. The molecule has 0 radical (unpaired) electrons. The fraction of sp³-hybridized carbons (Fsp3) is 0.348. The van der Waals surface area contributed by atoms with Gasteiger partial charge in [-0.3, -0.25) is 19.3 Å². The van der Waals surface area contributed by atoms with Crippen LogP contribution in [-0.4, -0.2) is 66.8 Å². The number of carbonyl (C=O) groups is 3. The molecule has 3 amide bonds.